The fourth-order valence-corrected chi connectivity index (χ4v) is 2.79. The summed E-state index contributed by atoms with van der Waals surface area (Å²) < 4.78 is 0. The Morgan fingerprint density at radius 1 is 0.895 bits per heavy atom. The van der Waals surface area contributed by atoms with E-state index in [1.807, 2.05) is 6.07 Å². The number of H-pyrrole nitrogens is 1. The van der Waals surface area contributed by atoms with Crippen molar-refractivity contribution in [1.29, 1.82) is 0 Å². The zero-order valence-corrected chi connectivity index (χ0v) is 12.5. The van der Waals surface area contributed by atoms with E-state index >= 15 is 0 Å². The van der Waals surface area contributed by atoms with Crippen LogP contribution >= 0.6 is 0 Å². The number of aromatic amines is 1. The maximum absolute atomic E-state index is 11.3. The van der Waals surface area contributed by atoms with Crippen LogP contribution < -0.4 is 5.56 Å². The standard InChI is InChI=1S/C16H11NO.Eu/c18-16-6-5-11-8-14-12(9-15(11)17-16)7-10-3-1-2-4-13(10)14;/h1-6,8-9H,7H2,(H,17,18);/q;+3. The minimum atomic E-state index is -0.0436. The van der Waals surface area contributed by atoms with E-state index < -0.39 is 0 Å². The van der Waals surface area contributed by atoms with Crippen molar-refractivity contribution in [2.45, 2.75) is 6.42 Å². The Labute approximate surface area is 151 Å². The van der Waals surface area contributed by atoms with Gasteiger partial charge in [0.15, 0.2) is 0 Å². The van der Waals surface area contributed by atoms with Gasteiger partial charge in [-0.1, -0.05) is 24.3 Å². The number of aromatic nitrogens is 1. The van der Waals surface area contributed by atoms with Crippen LogP contribution in [-0.2, 0) is 6.42 Å². The first-order valence-electron chi connectivity index (χ1n) is 6.05. The maximum Gasteiger partial charge on any atom is 3.00 e. The third kappa shape index (κ3) is 2.14. The van der Waals surface area contributed by atoms with Crippen LogP contribution in [0.1, 0.15) is 11.1 Å². The number of hydrogen-bond acceptors (Lipinski definition) is 1. The Morgan fingerprint density at radius 3 is 2.63 bits per heavy atom. The number of pyridine rings is 1. The van der Waals surface area contributed by atoms with E-state index in [0.29, 0.717) is 0 Å². The topological polar surface area (TPSA) is 32.9 Å². The predicted octanol–water partition coefficient (Wildman–Crippen LogP) is 3.10. The summed E-state index contributed by atoms with van der Waals surface area (Å²) in [5.74, 6) is 0. The zero-order valence-electron chi connectivity index (χ0n) is 10.1. The SMILES string of the molecule is O=c1ccc2cc3c(cc2[nH]1)Cc1ccccc1-3.[Eu+3]. The van der Waals surface area contributed by atoms with Crippen LogP contribution in [0.2, 0.25) is 0 Å². The van der Waals surface area contributed by atoms with E-state index in [2.05, 4.69) is 41.4 Å². The normalized spacial score (nSPS) is 11.8. The number of benzene rings is 2. The average Bonchev–Trinajstić information content (AvgIpc) is 2.73. The van der Waals surface area contributed by atoms with Crippen molar-refractivity contribution in [1.82, 2.24) is 4.98 Å². The van der Waals surface area contributed by atoms with Crippen molar-refractivity contribution >= 4 is 10.9 Å². The van der Waals surface area contributed by atoms with Gasteiger partial charge in [0.1, 0.15) is 0 Å². The van der Waals surface area contributed by atoms with Gasteiger partial charge in [0.2, 0.25) is 5.56 Å². The van der Waals surface area contributed by atoms with Crippen LogP contribution in [-0.4, -0.2) is 4.98 Å². The van der Waals surface area contributed by atoms with Crippen LogP contribution in [0.5, 0.6) is 0 Å². The summed E-state index contributed by atoms with van der Waals surface area (Å²) >= 11 is 0. The Hall–Kier alpha value is -0.766. The molecule has 2 aromatic carbocycles. The van der Waals surface area contributed by atoms with Gasteiger partial charge in [-0.25, -0.2) is 0 Å². The number of fused-ring (bicyclic) bond motifs is 4. The van der Waals surface area contributed by atoms with Crippen LogP contribution in [0, 0.1) is 49.4 Å². The Bertz CT molecular complexity index is 836. The molecule has 0 atom stereocenters. The first-order chi connectivity index (χ1) is 8.81. The molecule has 0 saturated carbocycles. The fourth-order valence-electron chi connectivity index (χ4n) is 2.79. The summed E-state index contributed by atoms with van der Waals surface area (Å²) in [6, 6.07) is 16.2. The molecule has 3 heteroatoms. The largest absolute Gasteiger partial charge is 3.00 e. The second-order valence-electron chi connectivity index (χ2n) is 4.75. The van der Waals surface area contributed by atoms with Crippen molar-refractivity contribution in [3.8, 4) is 11.1 Å². The van der Waals surface area contributed by atoms with Crippen molar-refractivity contribution in [3.63, 3.8) is 0 Å². The van der Waals surface area contributed by atoms with Gasteiger partial charge in [0.05, 0.1) is 0 Å². The van der Waals surface area contributed by atoms with Crippen LogP contribution in [0.3, 0.4) is 0 Å². The van der Waals surface area contributed by atoms with E-state index in [1.54, 1.807) is 6.07 Å². The number of hydrogen-bond donors (Lipinski definition) is 1. The van der Waals surface area contributed by atoms with Crippen molar-refractivity contribution < 1.29 is 49.4 Å². The van der Waals surface area contributed by atoms with Crippen molar-refractivity contribution in [2.24, 2.45) is 0 Å². The van der Waals surface area contributed by atoms with Gasteiger partial charge in [0, 0.05) is 11.6 Å². The summed E-state index contributed by atoms with van der Waals surface area (Å²) in [7, 11) is 0. The molecular formula is C16H11EuNO+3. The molecule has 0 spiro atoms. The summed E-state index contributed by atoms with van der Waals surface area (Å²) in [5.41, 5.74) is 6.16. The van der Waals surface area contributed by atoms with Gasteiger partial charge < -0.3 is 4.98 Å². The molecule has 2 nitrogen and oxygen atoms in total. The van der Waals surface area contributed by atoms with Crippen LogP contribution in [0.4, 0.5) is 0 Å². The van der Waals surface area contributed by atoms with Gasteiger partial charge in [-0.15, -0.1) is 0 Å². The molecule has 90 valence electrons. The van der Waals surface area contributed by atoms with E-state index in [-0.39, 0.29) is 54.9 Å². The smallest absolute Gasteiger partial charge is 0.322 e. The molecule has 1 aromatic heterocycles. The minimum Gasteiger partial charge on any atom is -0.322 e. The van der Waals surface area contributed by atoms with Gasteiger partial charge in [-0.05, 0) is 52.3 Å². The van der Waals surface area contributed by atoms with E-state index in [4.69, 9.17) is 0 Å². The first kappa shape index (κ1) is 13.2. The molecule has 1 N–H and O–H groups in total. The summed E-state index contributed by atoms with van der Waals surface area (Å²) in [4.78, 5) is 14.2. The molecule has 0 saturated heterocycles. The van der Waals surface area contributed by atoms with Gasteiger partial charge >= 0.3 is 49.4 Å². The van der Waals surface area contributed by atoms with Crippen molar-refractivity contribution in [2.75, 3.05) is 0 Å². The molecule has 4 rings (SSSR count). The second-order valence-corrected chi connectivity index (χ2v) is 4.75. The molecule has 1 aliphatic carbocycles. The summed E-state index contributed by atoms with van der Waals surface area (Å²) in [6.07, 6.45) is 0.957. The van der Waals surface area contributed by atoms with E-state index in [9.17, 15) is 4.79 Å². The molecule has 0 amide bonds. The summed E-state index contributed by atoms with van der Waals surface area (Å²) in [5, 5.41) is 1.09. The van der Waals surface area contributed by atoms with Crippen LogP contribution in [0.15, 0.2) is 53.3 Å². The molecule has 0 aliphatic heterocycles. The Morgan fingerprint density at radius 2 is 1.74 bits per heavy atom. The van der Waals surface area contributed by atoms with Crippen LogP contribution in [0.25, 0.3) is 22.0 Å². The predicted molar refractivity (Wildman–Crippen MR) is 72.8 cm³/mol. The van der Waals surface area contributed by atoms with Gasteiger partial charge in [0.25, 0.3) is 0 Å². The molecule has 3 aromatic rings. The Balaban J connectivity index is 0.00000110. The van der Waals surface area contributed by atoms with E-state index in [1.165, 1.54) is 22.3 Å². The molecule has 19 heavy (non-hydrogen) atoms. The maximum atomic E-state index is 11.3. The Kier molecular flexibility index (Phi) is 3.46. The molecule has 0 fully saturated rings. The molecular weight excluding hydrogens is 374 g/mol. The minimum absolute atomic E-state index is 0. The monoisotopic (exact) mass is 386 g/mol. The number of rotatable bonds is 0. The second kappa shape index (κ2) is 4.97. The van der Waals surface area contributed by atoms with Gasteiger partial charge in [-0.2, -0.15) is 0 Å². The molecule has 0 bridgehead atoms. The van der Waals surface area contributed by atoms with E-state index in [0.717, 1.165) is 17.3 Å². The molecule has 0 radical (unpaired) electrons. The third-order valence-electron chi connectivity index (χ3n) is 3.64. The van der Waals surface area contributed by atoms with Gasteiger partial charge in [-0.3, -0.25) is 4.79 Å². The summed E-state index contributed by atoms with van der Waals surface area (Å²) in [6.45, 7) is 0. The van der Waals surface area contributed by atoms with Crippen molar-refractivity contribution in [3.05, 3.63) is 70.0 Å². The molecule has 1 heterocycles. The fraction of sp³-hybridized carbons (Fsp3) is 0.0625. The average molecular weight is 385 g/mol. The molecule has 1 aliphatic rings. The zero-order chi connectivity index (χ0) is 12.1. The quantitative estimate of drug-likeness (QED) is 0.496. The molecule has 0 unspecified atom stereocenters. The number of nitrogens with one attached hydrogen (secondary N) is 1. The third-order valence-corrected chi connectivity index (χ3v) is 3.64. The first-order valence-corrected chi connectivity index (χ1v) is 6.05.